The quantitative estimate of drug-likeness (QED) is 0.716. The van der Waals surface area contributed by atoms with Crippen LogP contribution in [0.3, 0.4) is 0 Å². The predicted molar refractivity (Wildman–Crippen MR) is 59.1 cm³/mol. The third-order valence-corrected chi connectivity index (χ3v) is 4.57. The number of sulfone groups is 1. The van der Waals surface area contributed by atoms with E-state index in [0.29, 0.717) is 31.2 Å². The Morgan fingerprint density at radius 3 is 2.60 bits per heavy atom. The molecular weight excluding hydrogens is 212 g/mol. The molecule has 0 aromatic carbocycles. The van der Waals surface area contributed by atoms with E-state index >= 15 is 0 Å². The van der Waals surface area contributed by atoms with E-state index in [1.807, 2.05) is 13.8 Å². The Balaban J connectivity index is 2.62. The molecule has 1 fully saturated rings. The second kappa shape index (κ2) is 4.95. The molecule has 15 heavy (non-hydrogen) atoms. The van der Waals surface area contributed by atoms with Crippen LogP contribution >= 0.6 is 0 Å². The van der Waals surface area contributed by atoms with Crippen LogP contribution in [0.15, 0.2) is 0 Å². The second-order valence-corrected chi connectivity index (χ2v) is 6.53. The van der Waals surface area contributed by atoms with Gasteiger partial charge >= 0.3 is 0 Å². The fourth-order valence-electron chi connectivity index (χ4n) is 2.08. The van der Waals surface area contributed by atoms with Crippen LogP contribution in [0.1, 0.15) is 26.7 Å². The van der Waals surface area contributed by atoms with Crippen LogP contribution in [-0.2, 0) is 9.84 Å². The summed E-state index contributed by atoms with van der Waals surface area (Å²) in [5.74, 6) is 0.560. The highest BCUT2D eigenvalue weighted by atomic mass is 32.2. The fourth-order valence-corrected chi connectivity index (χ4v) is 3.82. The van der Waals surface area contributed by atoms with E-state index < -0.39 is 9.84 Å². The van der Waals surface area contributed by atoms with Gasteiger partial charge in [-0.1, -0.05) is 0 Å². The minimum Gasteiger partial charge on any atom is -0.296 e. The number of rotatable bonds is 4. The van der Waals surface area contributed by atoms with Gasteiger partial charge in [0.1, 0.15) is 0 Å². The molecule has 1 saturated heterocycles. The van der Waals surface area contributed by atoms with Gasteiger partial charge in [-0.2, -0.15) is 5.26 Å². The maximum Gasteiger partial charge on any atom is 0.151 e. The molecule has 1 aliphatic rings. The van der Waals surface area contributed by atoms with Crippen LogP contribution in [0, 0.1) is 11.3 Å². The molecule has 0 aliphatic carbocycles. The van der Waals surface area contributed by atoms with Crippen molar-refractivity contribution in [1.82, 2.24) is 4.90 Å². The first-order valence-electron chi connectivity index (χ1n) is 5.29. The van der Waals surface area contributed by atoms with Crippen LogP contribution in [0.25, 0.3) is 0 Å². The van der Waals surface area contributed by atoms with Gasteiger partial charge in [0.2, 0.25) is 0 Å². The third-order valence-electron chi connectivity index (χ3n) is 2.82. The summed E-state index contributed by atoms with van der Waals surface area (Å²) in [6.45, 7) is 4.76. The molecule has 0 aromatic rings. The first-order valence-corrected chi connectivity index (χ1v) is 7.11. The molecule has 0 bridgehead atoms. The summed E-state index contributed by atoms with van der Waals surface area (Å²) in [7, 11) is -2.82. The molecule has 1 rings (SSSR count). The number of nitrogens with zero attached hydrogens (tertiary/aromatic N) is 2. The van der Waals surface area contributed by atoms with Crippen molar-refractivity contribution in [2.24, 2.45) is 0 Å². The lowest BCUT2D eigenvalue weighted by atomic mass is 10.1. The van der Waals surface area contributed by atoms with Gasteiger partial charge in [0.05, 0.1) is 17.6 Å². The average molecular weight is 230 g/mol. The zero-order chi connectivity index (χ0) is 11.5. The van der Waals surface area contributed by atoms with Crippen molar-refractivity contribution in [2.75, 3.05) is 18.1 Å². The summed E-state index contributed by atoms with van der Waals surface area (Å²) in [5, 5.41) is 8.55. The Morgan fingerprint density at radius 2 is 2.20 bits per heavy atom. The maximum absolute atomic E-state index is 11.4. The maximum atomic E-state index is 11.4. The van der Waals surface area contributed by atoms with E-state index in [-0.39, 0.29) is 11.8 Å². The molecule has 86 valence electrons. The third kappa shape index (κ3) is 3.47. The van der Waals surface area contributed by atoms with Gasteiger partial charge in [0, 0.05) is 25.0 Å². The first-order chi connectivity index (χ1) is 6.96. The number of nitriles is 1. The van der Waals surface area contributed by atoms with E-state index in [9.17, 15) is 8.42 Å². The van der Waals surface area contributed by atoms with Crippen LogP contribution in [0.5, 0.6) is 0 Å². The lowest BCUT2D eigenvalue weighted by Crippen LogP contribution is -2.41. The predicted octanol–water partition coefficient (Wildman–Crippen LogP) is 0.798. The highest BCUT2D eigenvalue weighted by molar-refractivity contribution is 7.91. The molecule has 0 spiro atoms. The van der Waals surface area contributed by atoms with Crippen molar-refractivity contribution in [3.63, 3.8) is 0 Å². The van der Waals surface area contributed by atoms with Crippen molar-refractivity contribution in [1.29, 1.82) is 5.26 Å². The summed E-state index contributed by atoms with van der Waals surface area (Å²) in [6, 6.07) is 2.52. The summed E-state index contributed by atoms with van der Waals surface area (Å²) in [4.78, 5) is 2.13. The van der Waals surface area contributed by atoms with Gasteiger partial charge in [0.15, 0.2) is 9.84 Å². The minimum atomic E-state index is -2.82. The molecule has 0 amide bonds. The Labute approximate surface area is 91.8 Å². The van der Waals surface area contributed by atoms with E-state index in [1.165, 1.54) is 0 Å². The Hall–Kier alpha value is -0.600. The number of hydrogen-bond acceptors (Lipinski definition) is 4. The van der Waals surface area contributed by atoms with Gasteiger partial charge in [-0.25, -0.2) is 8.42 Å². The van der Waals surface area contributed by atoms with Crippen molar-refractivity contribution in [3.8, 4) is 6.07 Å². The first kappa shape index (κ1) is 12.5. The highest BCUT2D eigenvalue weighted by Gasteiger charge is 2.32. The van der Waals surface area contributed by atoms with Gasteiger partial charge < -0.3 is 0 Å². The molecule has 0 N–H and O–H groups in total. The normalized spacial score (nSPS) is 24.6. The van der Waals surface area contributed by atoms with E-state index in [4.69, 9.17) is 5.26 Å². The molecular formula is C10H18N2O2S. The van der Waals surface area contributed by atoms with Gasteiger partial charge in [-0.15, -0.1) is 0 Å². The van der Waals surface area contributed by atoms with Crippen molar-refractivity contribution in [2.45, 2.75) is 38.8 Å². The van der Waals surface area contributed by atoms with E-state index in [2.05, 4.69) is 11.0 Å². The molecule has 0 radical (unpaired) electrons. The largest absolute Gasteiger partial charge is 0.296 e. The van der Waals surface area contributed by atoms with Crippen molar-refractivity contribution >= 4 is 9.84 Å². The lowest BCUT2D eigenvalue weighted by molar-refractivity contribution is 0.171. The van der Waals surface area contributed by atoms with Crippen LogP contribution in [0.2, 0.25) is 0 Å². The summed E-state index contributed by atoms with van der Waals surface area (Å²) in [5.41, 5.74) is 0. The molecule has 1 heterocycles. The molecule has 0 aromatic heterocycles. The topological polar surface area (TPSA) is 61.2 Å². The van der Waals surface area contributed by atoms with Crippen molar-refractivity contribution < 1.29 is 8.42 Å². The Morgan fingerprint density at radius 1 is 1.53 bits per heavy atom. The van der Waals surface area contributed by atoms with E-state index in [1.54, 1.807) is 0 Å². The highest BCUT2D eigenvalue weighted by Crippen LogP contribution is 2.19. The zero-order valence-electron chi connectivity index (χ0n) is 9.31. The lowest BCUT2D eigenvalue weighted by Gasteiger charge is -2.30. The summed E-state index contributed by atoms with van der Waals surface area (Å²) in [6.07, 6.45) is 1.18. The van der Waals surface area contributed by atoms with Crippen molar-refractivity contribution in [3.05, 3.63) is 0 Å². The molecule has 0 saturated carbocycles. The van der Waals surface area contributed by atoms with E-state index in [0.717, 1.165) is 0 Å². The molecule has 1 unspecified atom stereocenters. The molecule has 1 atom stereocenters. The minimum absolute atomic E-state index is 0.114. The summed E-state index contributed by atoms with van der Waals surface area (Å²) >= 11 is 0. The number of hydrogen-bond donors (Lipinski definition) is 0. The molecule has 4 nitrogen and oxygen atoms in total. The zero-order valence-corrected chi connectivity index (χ0v) is 10.1. The smallest absolute Gasteiger partial charge is 0.151 e. The Bertz CT molecular complexity index is 343. The second-order valence-electron chi connectivity index (χ2n) is 4.30. The van der Waals surface area contributed by atoms with Gasteiger partial charge in [0.25, 0.3) is 0 Å². The average Bonchev–Trinajstić information content (AvgIpc) is 2.46. The van der Waals surface area contributed by atoms with Gasteiger partial charge in [-0.3, -0.25) is 4.90 Å². The van der Waals surface area contributed by atoms with Crippen LogP contribution in [0.4, 0.5) is 0 Å². The Kier molecular flexibility index (Phi) is 4.12. The standard InChI is InChI=1S/C10H18N2O2S/c1-9(2)12(6-3-5-11)10-4-7-15(13,14)8-10/h9-10H,3-4,6-8H2,1-2H3. The molecule has 5 heteroatoms. The monoisotopic (exact) mass is 230 g/mol. The van der Waals surface area contributed by atoms with Gasteiger partial charge in [-0.05, 0) is 20.3 Å². The SMILES string of the molecule is CC(C)N(CCC#N)C1CCS(=O)(=O)C1. The molecule has 1 aliphatic heterocycles. The fraction of sp³-hybridized carbons (Fsp3) is 0.900. The van der Waals surface area contributed by atoms with Crippen LogP contribution < -0.4 is 0 Å². The summed E-state index contributed by atoms with van der Waals surface area (Å²) < 4.78 is 22.7. The van der Waals surface area contributed by atoms with Crippen LogP contribution in [-0.4, -0.2) is 43.5 Å².